The van der Waals surface area contributed by atoms with Crippen molar-refractivity contribution in [2.75, 3.05) is 0 Å². The van der Waals surface area contributed by atoms with E-state index in [2.05, 4.69) is 10.3 Å². The first kappa shape index (κ1) is 14.9. The molecule has 0 radical (unpaired) electrons. The van der Waals surface area contributed by atoms with E-state index in [0.29, 0.717) is 5.75 Å². The van der Waals surface area contributed by atoms with E-state index in [1.807, 2.05) is 13.8 Å². The molecular weight excluding hydrogens is 248 g/mol. The molecule has 0 aromatic carbocycles. The number of carbonyl (C=O) groups is 2. The number of aliphatic carboxylic acids is 1. The predicted molar refractivity (Wildman–Crippen MR) is 69.2 cm³/mol. The molecular formula is C13H18N2O4. The highest BCUT2D eigenvalue weighted by molar-refractivity contribution is 5.95. The van der Waals surface area contributed by atoms with Crippen molar-refractivity contribution in [1.29, 1.82) is 0 Å². The second-order valence-corrected chi connectivity index (χ2v) is 4.49. The molecule has 0 saturated heterocycles. The van der Waals surface area contributed by atoms with E-state index in [4.69, 9.17) is 9.84 Å². The van der Waals surface area contributed by atoms with Gasteiger partial charge in [0, 0.05) is 12.2 Å². The van der Waals surface area contributed by atoms with Crippen molar-refractivity contribution in [3.8, 4) is 5.75 Å². The fourth-order valence-electron chi connectivity index (χ4n) is 1.52. The largest absolute Gasteiger partial charge is 0.489 e. The van der Waals surface area contributed by atoms with Gasteiger partial charge in [-0.3, -0.25) is 9.59 Å². The van der Waals surface area contributed by atoms with Gasteiger partial charge < -0.3 is 15.2 Å². The summed E-state index contributed by atoms with van der Waals surface area (Å²) in [5.41, 5.74) is 0.161. The highest BCUT2D eigenvalue weighted by atomic mass is 16.5. The molecule has 2 N–H and O–H groups in total. The standard InChI is InChI=1S/C13H18N2O4/c1-8(2)19-10-5-4-6-14-12(10)13(18)15-9(3)7-11(16)17/h4-6,8-9H,7H2,1-3H3,(H,15,18)(H,16,17). The van der Waals surface area contributed by atoms with E-state index in [-0.39, 0.29) is 18.2 Å². The third-order valence-electron chi connectivity index (χ3n) is 2.21. The molecule has 19 heavy (non-hydrogen) atoms. The zero-order valence-corrected chi connectivity index (χ0v) is 11.2. The van der Waals surface area contributed by atoms with Gasteiger partial charge in [0.15, 0.2) is 11.4 Å². The number of nitrogens with zero attached hydrogens (tertiary/aromatic N) is 1. The normalized spacial score (nSPS) is 12.0. The Morgan fingerprint density at radius 3 is 2.68 bits per heavy atom. The van der Waals surface area contributed by atoms with Gasteiger partial charge in [-0.25, -0.2) is 4.98 Å². The molecule has 104 valence electrons. The molecule has 0 fully saturated rings. The van der Waals surface area contributed by atoms with Crippen LogP contribution in [-0.4, -0.2) is 34.1 Å². The molecule has 0 aliphatic heterocycles. The van der Waals surface area contributed by atoms with Crippen LogP contribution in [0.15, 0.2) is 18.3 Å². The number of pyridine rings is 1. The van der Waals surface area contributed by atoms with Crippen LogP contribution in [0.3, 0.4) is 0 Å². The Morgan fingerprint density at radius 2 is 2.11 bits per heavy atom. The lowest BCUT2D eigenvalue weighted by Gasteiger charge is -2.15. The molecule has 6 heteroatoms. The molecule has 0 aliphatic rings. The summed E-state index contributed by atoms with van der Waals surface area (Å²) in [6, 6.07) is 2.86. The van der Waals surface area contributed by atoms with Gasteiger partial charge in [0.05, 0.1) is 12.5 Å². The lowest BCUT2D eigenvalue weighted by atomic mass is 10.2. The van der Waals surface area contributed by atoms with E-state index in [1.165, 1.54) is 6.20 Å². The van der Waals surface area contributed by atoms with Gasteiger partial charge in [-0.15, -0.1) is 0 Å². The van der Waals surface area contributed by atoms with Crippen LogP contribution >= 0.6 is 0 Å². The van der Waals surface area contributed by atoms with Gasteiger partial charge in [0.2, 0.25) is 0 Å². The average Bonchev–Trinajstić information content (AvgIpc) is 2.27. The minimum atomic E-state index is -0.965. The van der Waals surface area contributed by atoms with Crippen molar-refractivity contribution in [3.63, 3.8) is 0 Å². The zero-order chi connectivity index (χ0) is 14.4. The van der Waals surface area contributed by atoms with E-state index >= 15 is 0 Å². The molecule has 0 spiro atoms. The summed E-state index contributed by atoms with van der Waals surface area (Å²) in [7, 11) is 0. The summed E-state index contributed by atoms with van der Waals surface area (Å²) in [6.45, 7) is 5.32. The minimum absolute atomic E-state index is 0.0767. The number of carboxylic acids is 1. The van der Waals surface area contributed by atoms with Crippen molar-refractivity contribution >= 4 is 11.9 Å². The maximum atomic E-state index is 12.0. The fourth-order valence-corrected chi connectivity index (χ4v) is 1.52. The van der Waals surface area contributed by atoms with E-state index in [9.17, 15) is 9.59 Å². The van der Waals surface area contributed by atoms with Crippen LogP contribution in [-0.2, 0) is 4.79 Å². The van der Waals surface area contributed by atoms with Gasteiger partial charge in [-0.1, -0.05) is 0 Å². The number of rotatable bonds is 6. The van der Waals surface area contributed by atoms with Gasteiger partial charge in [-0.2, -0.15) is 0 Å². The van der Waals surface area contributed by atoms with E-state index in [0.717, 1.165) is 0 Å². The highest BCUT2D eigenvalue weighted by Crippen LogP contribution is 2.17. The van der Waals surface area contributed by atoms with Crippen LogP contribution in [0.25, 0.3) is 0 Å². The number of nitrogens with one attached hydrogen (secondary N) is 1. The molecule has 1 rings (SSSR count). The average molecular weight is 266 g/mol. The number of hydrogen-bond donors (Lipinski definition) is 2. The SMILES string of the molecule is CC(CC(=O)O)NC(=O)c1ncccc1OC(C)C. The monoisotopic (exact) mass is 266 g/mol. The third-order valence-corrected chi connectivity index (χ3v) is 2.21. The smallest absolute Gasteiger partial charge is 0.305 e. The molecule has 1 atom stereocenters. The summed E-state index contributed by atoms with van der Waals surface area (Å²) >= 11 is 0. The Morgan fingerprint density at radius 1 is 1.42 bits per heavy atom. The van der Waals surface area contributed by atoms with Gasteiger partial charge in [0.25, 0.3) is 5.91 Å². The van der Waals surface area contributed by atoms with Crippen molar-refractivity contribution < 1.29 is 19.4 Å². The second-order valence-electron chi connectivity index (χ2n) is 4.49. The first-order valence-corrected chi connectivity index (χ1v) is 6.04. The molecule has 1 heterocycles. The lowest BCUT2D eigenvalue weighted by Crippen LogP contribution is -2.35. The maximum absolute atomic E-state index is 12.0. The molecule has 1 aromatic heterocycles. The number of carbonyl (C=O) groups excluding carboxylic acids is 1. The minimum Gasteiger partial charge on any atom is -0.489 e. The lowest BCUT2D eigenvalue weighted by molar-refractivity contribution is -0.137. The molecule has 1 aromatic rings. The number of carboxylic acid groups (broad SMARTS) is 1. The first-order chi connectivity index (χ1) is 8.90. The maximum Gasteiger partial charge on any atom is 0.305 e. The molecule has 1 amide bonds. The Hall–Kier alpha value is -2.11. The second kappa shape index (κ2) is 6.72. The van der Waals surface area contributed by atoms with Crippen LogP contribution < -0.4 is 10.1 Å². The van der Waals surface area contributed by atoms with Crippen LogP contribution in [0.1, 0.15) is 37.7 Å². The topological polar surface area (TPSA) is 88.5 Å². The van der Waals surface area contributed by atoms with Crippen molar-refractivity contribution in [2.24, 2.45) is 0 Å². The van der Waals surface area contributed by atoms with E-state index < -0.39 is 17.9 Å². The molecule has 0 bridgehead atoms. The van der Waals surface area contributed by atoms with Crippen LogP contribution in [0.4, 0.5) is 0 Å². The Kier molecular flexibility index (Phi) is 5.29. The van der Waals surface area contributed by atoms with Gasteiger partial charge >= 0.3 is 5.97 Å². The highest BCUT2D eigenvalue weighted by Gasteiger charge is 2.18. The summed E-state index contributed by atoms with van der Waals surface area (Å²) in [5, 5.41) is 11.2. The molecule has 0 saturated carbocycles. The quantitative estimate of drug-likeness (QED) is 0.813. The first-order valence-electron chi connectivity index (χ1n) is 6.04. The zero-order valence-electron chi connectivity index (χ0n) is 11.2. The predicted octanol–water partition coefficient (Wildman–Crippen LogP) is 1.46. The summed E-state index contributed by atoms with van der Waals surface area (Å²) in [6.07, 6.45) is 1.27. The third kappa shape index (κ3) is 4.95. The Balaban J connectivity index is 2.78. The summed E-state index contributed by atoms with van der Waals surface area (Å²) < 4.78 is 5.49. The van der Waals surface area contributed by atoms with Gasteiger partial charge in [-0.05, 0) is 32.9 Å². The fraction of sp³-hybridized carbons (Fsp3) is 0.462. The summed E-state index contributed by atoms with van der Waals surface area (Å²) in [5.74, 6) is -1.02. The number of amides is 1. The molecule has 0 aliphatic carbocycles. The van der Waals surface area contributed by atoms with Crippen LogP contribution in [0, 0.1) is 0 Å². The van der Waals surface area contributed by atoms with Crippen LogP contribution in [0.2, 0.25) is 0 Å². The number of aromatic nitrogens is 1. The van der Waals surface area contributed by atoms with Crippen LogP contribution in [0.5, 0.6) is 5.75 Å². The summed E-state index contributed by atoms with van der Waals surface area (Å²) in [4.78, 5) is 26.5. The van der Waals surface area contributed by atoms with Crippen molar-refractivity contribution in [2.45, 2.75) is 39.3 Å². The number of hydrogen-bond acceptors (Lipinski definition) is 4. The Labute approximate surface area is 111 Å². The van der Waals surface area contributed by atoms with Gasteiger partial charge in [0.1, 0.15) is 0 Å². The molecule has 1 unspecified atom stereocenters. The van der Waals surface area contributed by atoms with Crippen molar-refractivity contribution in [1.82, 2.24) is 10.3 Å². The number of ether oxygens (including phenoxy) is 1. The van der Waals surface area contributed by atoms with Crippen molar-refractivity contribution in [3.05, 3.63) is 24.0 Å². The Bertz CT molecular complexity index is 460. The van der Waals surface area contributed by atoms with E-state index in [1.54, 1.807) is 19.1 Å². The molecule has 6 nitrogen and oxygen atoms in total.